The number of carbonyl (C=O) groups excluding carboxylic acids is 3. The average Bonchev–Trinajstić information content (AvgIpc) is 3.31. The summed E-state index contributed by atoms with van der Waals surface area (Å²) < 4.78 is 4.17. The van der Waals surface area contributed by atoms with Crippen molar-refractivity contribution in [1.82, 2.24) is 4.90 Å². The highest BCUT2D eigenvalue weighted by Gasteiger charge is 2.73. The Kier molecular flexibility index (Phi) is 7.72. The van der Waals surface area contributed by atoms with Crippen molar-refractivity contribution in [1.29, 1.82) is 0 Å². The molecule has 2 amide bonds. The number of aliphatic hydroxyl groups excluding tert-OH is 1. The average molecular weight is 575 g/mol. The number of anilines is 1. The molecule has 41 heavy (non-hydrogen) atoms. The molecular weight excluding hydrogens is 536 g/mol. The third-order valence-corrected chi connectivity index (χ3v) is 10.9. The zero-order chi connectivity index (χ0) is 28.6. The number of nitrogens with zero attached hydrogens (tertiary/aromatic N) is 2. The molecule has 2 aromatic carbocycles. The van der Waals surface area contributed by atoms with Crippen molar-refractivity contribution in [2.75, 3.05) is 31.2 Å². The molecule has 1 spiro atoms. The largest absolute Gasteiger partial charge is 0.465 e. The van der Waals surface area contributed by atoms with Crippen LogP contribution in [0.25, 0.3) is 10.8 Å². The molecule has 5 atom stereocenters. The van der Waals surface area contributed by atoms with E-state index in [-0.39, 0.29) is 24.4 Å². The third-order valence-electron chi connectivity index (χ3n) is 9.10. The van der Waals surface area contributed by atoms with E-state index in [0.29, 0.717) is 19.7 Å². The Balaban J connectivity index is 1.42. The molecule has 0 aromatic heterocycles. The monoisotopic (exact) mass is 574 g/mol. The van der Waals surface area contributed by atoms with Gasteiger partial charge in [-0.3, -0.25) is 14.4 Å². The first-order valence-electron chi connectivity index (χ1n) is 14.8. The highest BCUT2D eigenvalue weighted by Crippen LogP contribution is 2.65. The Bertz CT molecular complexity index is 1410. The molecule has 6 rings (SSSR count). The summed E-state index contributed by atoms with van der Waals surface area (Å²) in [6.45, 7) is 3.33. The second kappa shape index (κ2) is 11.3. The Morgan fingerprint density at radius 3 is 2.59 bits per heavy atom. The number of aliphatic hydroxyl groups is 1. The van der Waals surface area contributed by atoms with E-state index >= 15 is 0 Å². The van der Waals surface area contributed by atoms with Crippen molar-refractivity contribution in [2.24, 2.45) is 11.8 Å². The maximum absolute atomic E-state index is 14.7. The lowest BCUT2D eigenvalue weighted by Crippen LogP contribution is -2.53. The number of amides is 2. The number of fused-ring (bicyclic) bond motifs is 3. The molecule has 2 fully saturated rings. The molecule has 4 heterocycles. The number of hydrogen-bond acceptors (Lipinski definition) is 6. The van der Waals surface area contributed by atoms with Crippen LogP contribution in [0.5, 0.6) is 0 Å². The van der Waals surface area contributed by atoms with E-state index in [1.165, 1.54) is 0 Å². The van der Waals surface area contributed by atoms with Gasteiger partial charge in [0.05, 0.1) is 23.2 Å². The van der Waals surface area contributed by atoms with Crippen molar-refractivity contribution < 1.29 is 24.2 Å². The molecule has 7 nitrogen and oxygen atoms in total. The lowest BCUT2D eigenvalue weighted by atomic mass is 9.74. The summed E-state index contributed by atoms with van der Waals surface area (Å²) in [6, 6.07) is 13.4. The maximum atomic E-state index is 14.7. The molecule has 216 valence electrons. The molecule has 0 bridgehead atoms. The number of likely N-dealkylation sites (tertiary alicyclic amines) is 1. The molecule has 0 saturated carbocycles. The summed E-state index contributed by atoms with van der Waals surface area (Å²) >= 11 is 1.59. The topological polar surface area (TPSA) is 87.1 Å². The van der Waals surface area contributed by atoms with Crippen molar-refractivity contribution in [3.63, 3.8) is 0 Å². The Labute approximate surface area is 245 Å². The van der Waals surface area contributed by atoms with Gasteiger partial charge in [0.1, 0.15) is 6.04 Å². The molecule has 1 N–H and O–H groups in total. The first-order chi connectivity index (χ1) is 19.9. The van der Waals surface area contributed by atoms with Crippen molar-refractivity contribution in [2.45, 2.75) is 61.0 Å². The zero-order valence-corrected chi connectivity index (χ0v) is 24.4. The van der Waals surface area contributed by atoms with Gasteiger partial charge in [0.25, 0.3) is 5.91 Å². The van der Waals surface area contributed by atoms with Gasteiger partial charge in [-0.2, -0.15) is 0 Å². The SMILES string of the molecule is C[C@]12/C=C\CCCOC(=O)[C@H]1[C@H]1C(=O)N(CCCCCCO)C3C(=O)N(c4ccc5ccccc5c4)CC=C[C@@]31S2. The van der Waals surface area contributed by atoms with E-state index in [2.05, 4.69) is 24.3 Å². The van der Waals surface area contributed by atoms with Crippen LogP contribution in [0.4, 0.5) is 5.69 Å². The van der Waals surface area contributed by atoms with E-state index in [1.54, 1.807) is 21.6 Å². The number of hydrogen-bond donors (Lipinski definition) is 1. The number of benzene rings is 2. The van der Waals surface area contributed by atoms with E-state index in [4.69, 9.17) is 4.74 Å². The van der Waals surface area contributed by atoms with Crippen LogP contribution in [0.2, 0.25) is 0 Å². The zero-order valence-electron chi connectivity index (χ0n) is 23.5. The second-order valence-corrected chi connectivity index (χ2v) is 13.6. The molecule has 8 heteroatoms. The summed E-state index contributed by atoms with van der Waals surface area (Å²) in [7, 11) is 0. The van der Waals surface area contributed by atoms with E-state index in [0.717, 1.165) is 55.0 Å². The number of esters is 1. The predicted octanol–water partition coefficient (Wildman–Crippen LogP) is 4.88. The van der Waals surface area contributed by atoms with Gasteiger partial charge in [-0.1, -0.05) is 67.5 Å². The number of allylic oxidation sites excluding steroid dienone is 1. The van der Waals surface area contributed by atoms with Crippen LogP contribution < -0.4 is 4.90 Å². The number of thioether (sulfide) groups is 1. The van der Waals surface area contributed by atoms with Crippen LogP contribution in [0, 0.1) is 11.8 Å². The first-order valence-corrected chi connectivity index (χ1v) is 15.6. The van der Waals surface area contributed by atoms with E-state index < -0.39 is 27.4 Å². The minimum atomic E-state index is -0.882. The molecular formula is C33H38N2O5S. The Morgan fingerprint density at radius 2 is 1.76 bits per heavy atom. The quantitative estimate of drug-likeness (QED) is 0.288. The molecule has 0 aliphatic carbocycles. The van der Waals surface area contributed by atoms with Gasteiger partial charge in [0, 0.05) is 30.1 Å². The summed E-state index contributed by atoms with van der Waals surface area (Å²) in [5.74, 6) is -1.97. The molecule has 4 aliphatic heterocycles. The molecule has 2 aromatic rings. The van der Waals surface area contributed by atoms with Gasteiger partial charge in [-0.05, 0) is 55.5 Å². The summed E-state index contributed by atoms with van der Waals surface area (Å²) in [6.07, 6.45) is 13.0. The molecule has 1 unspecified atom stereocenters. The number of rotatable bonds is 7. The predicted molar refractivity (Wildman–Crippen MR) is 162 cm³/mol. The second-order valence-electron chi connectivity index (χ2n) is 11.8. The summed E-state index contributed by atoms with van der Waals surface area (Å²) in [5.41, 5.74) is 0.796. The van der Waals surface area contributed by atoms with E-state index in [9.17, 15) is 19.5 Å². The number of ether oxygens (including phenoxy) is 1. The fourth-order valence-corrected chi connectivity index (χ4v) is 9.35. The van der Waals surface area contributed by atoms with Crippen LogP contribution in [0.1, 0.15) is 45.4 Å². The lowest BCUT2D eigenvalue weighted by Gasteiger charge is -2.37. The van der Waals surface area contributed by atoms with Gasteiger partial charge < -0.3 is 19.6 Å². The Hall–Kier alpha value is -3.10. The van der Waals surface area contributed by atoms with Gasteiger partial charge in [0.15, 0.2) is 0 Å². The van der Waals surface area contributed by atoms with Gasteiger partial charge >= 0.3 is 5.97 Å². The van der Waals surface area contributed by atoms with Crippen LogP contribution in [-0.2, 0) is 19.1 Å². The van der Waals surface area contributed by atoms with E-state index in [1.807, 2.05) is 49.4 Å². The third kappa shape index (κ3) is 4.79. The standard InChI is InChI=1S/C33H38N2O5S/c1-32-16-7-4-10-21-40-31(39)27(32)26-29(37)35(18-8-2-3-9-20-36)28-30(38)34(19-11-17-33(26,28)41-32)25-15-14-23-12-5-6-13-24(23)22-25/h5-7,11-17,22,26-28,36H,2-4,8-10,18-21H2,1H3/b16-7-/t26-,27+,28?,32-,33-/m0/s1. The number of carbonyl (C=O) groups is 3. The lowest BCUT2D eigenvalue weighted by molar-refractivity contribution is -0.154. The summed E-state index contributed by atoms with van der Waals surface area (Å²) in [5, 5.41) is 11.3. The maximum Gasteiger partial charge on any atom is 0.311 e. The molecule has 2 saturated heterocycles. The van der Waals surface area contributed by atoms with Gasteiger partial charge in [-0.25, -0.2) is 0 Å². The van der Waals surface area contributed by atoms with Crippen LogP contribution in [-0.4, -0.2) is 69.6 Å². The van der Waals surface area contributed by atoms with Crippen molar-refractivity contribution in [3.05, 3.63) is 66.8 Å². The van der Waals surface area contributed by atoms with Gasteiger partial charge in [0.2, 0.25) is 5.91 Å². The van der Waals surface area contributed by atoms with Gasteiger partial charge in [-0.15, -0.1) is 11.8 Å². The van der Waals surface area contributed by atoms with Crippen LogP contribution in [0.3, 0.4) is 0 Å². The molecule has 4 aliphatic rings. The highest BCUT2D eigenvalue weighted by atomic mass is 32.2. The highest BCUT2D eigenvalue weighted by molar-refractivity contribution is 8.02. The Morgan fingerprint density at radius 1 is 0.951 bits per heavy atom. The fourth-order valence-electron chi connectivity index (χ4n) is 7.20. The van der Waals surface area contributed by atoms with Crippen molar-refractivity contribution >= 4 is 46.0 Å². The summed E-state index contributed by atoms with van der Waals surface area (Å²) in [4.78, 5) is 46.2. The van der Waals surface area contributed by atoms with Crippen LogP contribution >= 0.6 is 11.8 Å². The first kappa shape index (κ1) is 28.0. The minimum absolute atomic E-state index is 0.114. The van der Waals surface area contributed by atoms with Crippen molar-refractivity contribution in [3.8, 4) is 0 Å². The normalized spacial score (nSPS) is 32.0. The number of cyclic esters (lactones) is 1. The fraction of sp³-hybridized carbons (Fsp3) is 0.485. The number of unbranched alkanes of at least 4 members (excludes halogenated alkanes) is 3. The molecule has 0 radical (unpaired) electrons. The van der Waals surface area contributed by atoms with Crippen LogP contribution in [0.15, 0.2) is 66.8 Å². The smallest absolute Gasteiger partial charge is 0.311 e. The minimum Gasteiger partial charge on any atom is -0.465 e.